The molecule has 5 nitrogen and oxygen atoms in total. The lowest BCUT2D eigenvalue weighted by molar-refractivity contribution is -0.0199. The van der Waals surface area contributed by atoms with E-state index in [-0.39, 0.29) is 12.0 Å². The van der Waals surface area contributed by atoms with E-state index in [1.54, 1.807) is 0 Å². The summed E-state index contributed by atoms with van der Waals surface area (Å²) < 4.78 is 13.5. The lowest BCUT2D eigenvalue weighted by atomic mass is 9.80. The van der Waals surface area contributed by atoms with E-state index in [0.29, 0.717) is 32.7 Å². The fourth-order valence-electron chi connectivity index (χ4n) is 7.19. The first-order valence-corrected chi connectivity index (χ1v) is 17.1. The molecule has 49 heavy (non-hydrogen) atoms. The molecule has 2 atom stereocenters. The number of piperidine rings is 1. The summed E-state index contributed by atoms with van der Waals surface area (Å²) in [5.41, 5.74) is 5.95. The first-order chi connectivity index (χ1) is 24.1. The minimum absolute atomic E-state index is 0.100. The van der Waals surface area contributed by atoms with Gasteiger partial charge in [-0.3, -0.25) is 0 Å². The number of nitrogens with zero attached hydrogens (tertiary/aromatic N) is 1. The number of ether oxygens (including phenoxy) is 2. The number of hydrogen-bond acceptors (Lipinski definition) is 3. The van der Waals surface area contributed by atoms with Crippen molar-refractivity contribution in [2.45, 2.75) is 37.1 Å². The van der Waals surface area contributed by atoms with Crippen molar-refractivity contribution in [2.75, 3.05) is 19.7 Å². The van der Waals surface area contributed by atoms with Crippen LogP contribution in [0.15, 0.2) is 158 Å². The van der Waals surface area contributed by atoms with Crippen molar-refractivity contribution in [3.05, 3.63) is 191 Å². The second kappa shape index (κ2) is 14.9. The fraction of sp³-hybridized carbons (Fsp3) is 0.205. The highest BCUT2D eigenvalue weighted by Gasteiger charge is 2.37. The van der Waals surface area contributed by atoms with Crippen LogP contribution >= 0.6 is 0 Å². The van der Waals surface area contributed by atoms with Gasteiger partial charge < -0.3 is 19.5 Å². The predicted molar refractivity (Wildman–Crippen MR) is 195 cm³/mol. The van der Waals surface area contributed by atoms with E-state index >= 15 is 0 Å². The highest BCUT2D eigenvalue weighted by Crippen LogP contribution is 2.40. The number of carbonyl (C=O) groups is 1. The zero-order valence-corrected chi connectivity index (χ0v) is 27.5. The molecule has 0 spiro atoms. The molecule has 1 saturated heterocycles. The van der Waals surface area contributed by atoms with E-state index < -0.39 is 11.7 Å². The van der Waals surface area contributed by atoms with Gasteiger partial charge in [-0.25, -0.2) is 4.79 Å². The highest BCUT2D eigenvalue weighted by atomic mass is 16.5. The topological polar surface area (TPSA) is 59.0 Å². The van der Waals surface area contributed by atoms with E-state index in [1.165, 1.54) is 26.8 Å². The van der Waals surface area contributed by atoms with E-state index in [2.05, 4.69) is 127 Å². The van der Waals surface area contributed by atoms with Gasteiger partial charge >= 0.3 is 6.09 Å². The molecular formula is C44H41NO4. The van der Waals surface area contributed by atoms with Crippen molar-refractivity contribution in [3.63, 3.8) is 0 Å². The van der Waals surface area contributed by atoms with E-state index in [1.807, 2.05) is 30.3 Å². The normalized spacial score (nSPS) is 16.4. The number of benzene rings is 6. The van der Waals surface area contributed by atoms with Crippen molar-refractivity contribution < 1.29 is 19.4 Å². The molecule has 0 aliphatic carbocycles. The predicted octanol–water partition coefficient (Wildman–Crippen LogP) is 9.44. The van der Waals surface area contributed by atoms with Gasteiger partial charge in [-0.05, 0) is 63.1 Å². The second-order valence-electron chi connectivity index (χ2n) is 12.8. The van der Waals surface area contributed by atoms with E-state index in [9.17, 15) is 9.90 Å². The Kier molecular flexibility index (Phi) is 9.83. The van der Waals surface area contributed by atoms with E-state index in [0.717, 1.165) is 28.7 Å². The van der Waals surface area contributed by atoms with Crippen molar-refractivity contribution in [2.24, 2.45) is 0 Å². The fourth-order valence-corrected chi connectivity index (χ4v) is 7.19. The Labute approximate surface area is 288 Å². The SMILES string of the molecule is O=C(O)N1CCC(c2ccc(CCOC(c3ccccc3)(c3ccccc3)c3ccccc3)cc2)C(OCc2ccc3ccccc3c2)C1. The van der Waals surface area contributed by atoms with Gasteiger partial charge in [0.15, 0.2) is 0 Å². The maximum Gasteiger partial charge on any atom is 0.407 e. The van der Waals surface area contributed by atoms with Crippen molar-refractivity contribution in [1.82, 2.24) is 4.90 Å². The average Bonchev–Trinajstić information content (AvgIpc) is 3.17. The van der Waals surface area contributed by atoms with Gasteiger partial charge in [0.25, 0.3) is 0 Å². The standard InChI is InChI=1S/C44H41NO4/c46-43(47)45-28-26-41(42(31-45)48-32-34-22-23-35-12-10-11-13-37(35)30-34)36-24-20-33(21-25-36)27-29-49-44(38-14-4-1-5-15-38,39-16-6-2-7-17-39)40-18-8-3-9-19-40/h1-25,30,41-42H,26-29,31-32H2,(H,46,47). The molecule has 0 radical (unpaired) electrons. The van der Waals surface area contributed by atoms with Gasteiger partial charge in [-0.15, -0.1) is 0 Å². The number of carboxylic acid groups (broad SMARTS) is 1. The van der Waals surface area contributed by atoms with Crippen LogP contribution in [-0.2, 0) is 28.1 Å². The Morgan fingerprint density at radius 2 is 1.22 bits per heavy atom. The maximum absolute atomic E-state index is 11.9. The Bertz CT molecular complexity index is 1870. The first kappa shape index (κ1) is 32.3. The third kappa shape index (κ3) is 7.14. The van der Waals surface area contributed by atoms with Gasteiger partial charge in [0, 0.05) is 12.5 Å². The van der Waals surface area contributed by atoms with Crippen LogP contribution in [0.4, 0.5) is 4.79 Å². The lowest BCUT2D eigenvalue weighted by Crippen LogP contribution is -2.46. The third-order valence-electron chi connectivity index (χ3n) is 9.77. The lowest BCUT2D eigenvalue weighted by Gasteiger charge is -2.37. The molecule has 0 bridgehead atoms. The molecule has 1 fully saturated rings. The molecule has 6 aromatic rings. The van der Waals surface area contributed by atoms with Crippen molar-refractivity contribution >= 4 is 16.9 Å². The molecule has 1 aliphatic heterocycles. The molecule has 6 aromatic carbocycles. The number of hydrogen-bond donors (Lipinski definition) is 1. The Morgan fingerprint density at radius 3 is 1.82 bits per heavy atom. The third-order valence-corrected chi connectivity index (χ3v) is 9.77. The Hall–Kier alpha value is -5.23. The molecule has 1 amide bonds. The quantitative estimate of drug-likeness (QED) is 0.142. The summed E-state index contributed by atoms with van der Waals surface area (Å²) in [4.78, 5) is 13.4. The maximum atomic E-state index is 11.9. The summed E-state index contributed by atoms with van der Waals surface area (Å²) >= 11 is 0. The smallest absolute Gasteiger partial charge is 0.407 e. The van der Waals surface area contributed by atoms with Gasteiger partial charge in [0.05, 0.1) is 25.9 Å². The zero-order chi connectivity index (χ0) is 33.5. The second-order valence-corrected chi connectivity index (χ2v) is 12.8. The summed E-state index contributed by atoms with van der Waals surface area (Å²) in [7, 11) is 0. The molecule has 7 rings (SSSR count). The van der Waals surface area contributed by atoms with Crippen LogP contribution in [0.2, 0.25) is 0 Å². The van der Waals surface area contributed by atoms with E-state index in [4.69, 9.17) is 9.47 Å². The zero-order valence-electron chi connectivity index (χ0n) is 27.5. The van der Waals surface area contributed by atoms with Crippen molar-refractivity contribution in [1.29, 1.82) is 0 Å². The molecule has 0 saturated carbocycles. The summed E-state index contributed by atoms with van der Waals surface area (Å²) in [6.07, 6.45) is 0.318. The molecule has 0 aromatic heterocycles. The van der Waals surface area contributed by atoms with Crippen LogP contribution in [0.3, 0.4) is 0 Å². The summed E-state index contributed by atoms with van der Waals surface area (Å²) in [6, 6.07) is 54.7. The number of fused-ring (bicyclic) bond motifs is 1. The molecule has 1 aliphatic rings. The minimum Gasteiger partial charge on any atom is -0.465 e. The number of likely N-dealkylation sites (tertiary alicyclic amines) is 1. The van der Waals surface area contributed by atoms with Crippen LogP contribution in [0.5, 0.6) is 0 Å². The molecular weight excluding hydrogens is 606 g/mol. The van der Waals surface area contributed by atoms with Gasteiger partial charge in [-0.2, -0.15) is 0 Å². The molecule has 5 heteroatoms. The summed E-state index contributed by atoms with van der Waals surface area (Å²) in [5, 5.41) is 12.1. The number of amides is 1. The van der Waals surface area contributed by atoms with Gasteiger partial charge in [-0.1, -0.05) is 152 Å². The van der Waals surface area contributed by atoms with Crippen LogP contribution in [-0.4, -0.2) is 41.9 Å². The molecule has 1 heterocycles. The van der Waals surface area contributed by atoms with Crippen molar-refractivity contribution in [3.8, 4) is 0 Å². The molecule has 1 N–H and O–H groups in total. The summed E-state index contributed by atoms with van der Waals surface area (Å²) in [5.74, 6) is 0.100. The Balaban J connectivity index is 1.08. The Morgan fingerprint density at radius 1 is 0.673 bits per heavy atom. The minimum atomic E-state index is -0.898. The van der Waals surface area contributed by atoms with Crippen LogP contribution in [0, 0.1) is 0 Å². The van der Waals surface area contributed by atoms with Crippen LogP contribution in [0.25, 0.3) is 10.8 Å². The van der Waals surface area contributed by atoms with Gasteiger partial charge in [0.2, 0.25) is 0 Å². The van der Waals surface area contributed by atoms with Gasteiger partial charge in [0.1, 0.15) is 5.60 Å². The molecule has 2 unspecified atom stereocenters. The first-order valence-electron chi connectivity index (χ1n) is 17.1. The van der Waals surface area contributed by atoms with Crippen LogP contribution in [0.1, 0.15) is 45.7 Å². The average molecular weight is 648 g/mol. The monoisotopic (exact) mass is 647 g/mol. The molecule has 246 valence electrons. The largest absolute Gasteiger partial charge is 0.465 e. The summed E-state index contributed by atoms with van der Waals surface area (Å²) in [6.45, 7) is 1.79. The highest BCUT2D eigenvalue weighted by molar-refractivity contribution is 5.82. The van der Waals surface area contributed by atoms with Crippen LogP contribution < -0.4 is 0 Å². The number of rotatable bonds is 11.